The van der Waals surface area contributed by atoms with Gasteiger partial charge in [0.1, 0.15) is 0 Å². The Morgan fingerprint density at radius 1 is 1.19 bits per heavy atom. The zero-order valence-electron chi connectivity index (χ0n) is 12.0. The Bertz CT molecular complexity index is 536. The van der Waals surface area contributed by atoms with Crippen molar-refractivity contribution in [2.45, 2.75) is 32.1 Å². The zero-order valence-corrected chi connectivity index (χ0v) is 12.0. The molecular formula is C17H21NO3. The molecule has 2 atom stereocenters. The molecule has 3 rings (SSSR count). The van der Waals surface area contributed by atoms with Gasteiger partial charge in [-0.1, -0.05) is 36.8 Å². The standard InChI is InChI=1S/C17H21NO3/c19-15(13-9-14(13)16(20)21)18-11-17(7-4-8-17)10-12-5-2-1-3-6-12/h1-3,5-6,13-14H,4,7-11H2,(H,18,19)(H,20,21). The van der Waals surface area contributed by atoms with Crippen molar-refractivity contribution in [3.63, 3.8) is 0 Å². The summed E-state index contributed by atoms with van der Waals surface area (Å²) in [7, 11) is 0. The van der Waals surface area contributed by atoms with Crippen LogP contribution in [-0.4, -0.2) is 23.5 Å². The van der Waals surface area contributed by atoms with Crippen molar-refractivity contribution in [3.8, 4) is 0 Å². The van der Waals surface area contributed by atoms with Gasteiger partial charge in [0.15, 0.2) is 0 Å². The van der Waals surface area contributed by atoms with E-state index in [1.165, 1.54) is 12.0 Å². The van der Waals surface area contributed by atoms with Crippen LogP contribution in [0.25, 0.3) is 0 Å². The summed E-state index contributed by atoms with van der Waals surface area (Å²) in [4.78, 5) is 22.8. The first-order chi connectivity index (χ1) is 10.1. The minimum Gasteiger partial charge on any atom is -0.481 e. The van der Waals surface area contributed by atoms with Crippen molar-refractivity contribution in [3.05, 3.63) is 35.9 Å². The van der Waals surface area contributed by atoms with E-state index in [2.05, 4.69) is 17.4 Å². The number of nitrogens with one attached hydrogen (secondary N) is 1. The lowest BCUT2D eigenvalue weighted by molar-refractivity contribution is -0.140. The maximum atomic E-state index is 12.0. The monoisotopic (exact) mass is 287 g/mol. The molecule has 0 bridgehead atoms. The highest BCUT2D eigenvalue weighted by Crippen LogP contribution is 2.44. The molecule has 4 heteroatoms. The Hall–Kier alpha value is -1.84. The molecule has 0 aliphatic heterocycles. The summed E-state index contributed by atoms with van der Waals surface area (Å²) >= 11 is 0. The van der Waals surface area contributed by atoms with E-state index in [0.29, 0.717) is 13.0 Å². The predicted octanol–water partition coefficient (Wildman–Crippen LogP) is 2.24. The fourth-order valence-corrected chi connectivity index (χ4v) is 3.29. The molecule has 2 aliphatic rings. The molecule has 0 heterocycles. The number of carbonyl (C=O) groups excluding carboxylic acids is 1. The Labute approximate surface area is 124 Å². The number of carboxylic acid groups (broad SMARTS) is 1. The van der Waals surface area contributed by atoms with Crippen LogP contribution in [-0.2, 0) is 16.0 Å². The Kier molecular flexibility index (Phi) is 3.70. The number of benzene rings is 1. The van der Waals surface area contributed by atoms with Gasteiger partial charge in [0.25, 0.3) is 0 Å². The molecule has 2 aliphatic carbocycles. The number of carbonyl (C=O) groups is 2. The molecular weight excluding hydrogens is 266 g/mol. The molecule has 0 spiro atoms. The second kappa shape index (κ2) is 5.51. The highest BCUT2D eigenvalue weighted by atomic mass is 16.4. The van der Waals surface area contributed by atoms with E-state index in [-0.39, 0.29) is 17.2 Å². The van der Waals surface area contributed by atoms with Gasteiger partial charge in [-0.2, -0.15) is 0 Å². The van der Waals surface area contributed by atoms with Crippen LogP contribution in [0.5, 0.6) is 0 Å². The summed E-state index contributed by atoms with van der Waals surface area (Å²) in [6.45, 7) is 0.670. The van der Waals surface area contributed by atoms with Crippen LogP contribution in [0.3, 0.4) is 0 Å². The first-order valence-electron chi connectivity index (χ1n) is 7.64. The Balaban J connectivity index is 1.53. The minimum absolute atomic E-state index is 0.0817. The van der Waals surface area contributed by atoms with E-state index in [1.54, 1.807) is 0 Å². The second-order valence-electron chi connectivity index (χ2n) is 6.52. The van der Waals surface area contributed by atoms with Crippen LogP contribution in [0, 0.1) is 17.3 Å². The zero-order chi connectivity index (χ0) is 14.9. The maximum absolute atomic E-state index is 12.0. The lowest BCUT2D eigenvalue weighted by Crippen LogP contribution is -2.44. The summed E-state index contributed by atoms with van der Waals surface area (Å²) in [5.41, 5.74) is 1.48. The molecule has 2 saturated carbocycles. The van der Waals surface area contributed by atoms with Gasteiger partial charge in [-0.25, -0.2) is 0 Å². The molecule has 2 unspecified atom stereocenters. The van der Waals surface area contributed by atoms with E-state index in [9.17, 15) is 9.59 Å². The third kappa shape index (κ3) is 3.09. The van der Waals surface area contributed by atoms with Gasteiger partial charge in [0, 0.05) is 6.54 Å². The second-order valence-corrected chi connectivity index (χ2v) is 6.52. The first kappa shape index (κ1) is 14.1. The Morgan fingerprint density at radius 3 is 2.43 bits per heavy atom. The largest absolute Gasteiger partial charge is 0.481 e. The number of amides is 1. The van der Waals surface area contributed by atoms with Gasteiger partial charge in [-0.05, 0) is 36.7 Å². The molecule has 21 heavy (non-hydrogen) atoms. The number of hydrogen-bond acceptors (Lipinski definition) is 2. The van der Waals surface area contributed by atoms with Crippen LogP contribution < -0.4 is 5.32 Å². The third-order valence-corrected chi connectivity index (χ3v) is 4.92. The van der Waals surface area contributed by atoms with Crippen LogP contribution in [0.1, 0.15) is 31.2 Å². The van der Waals surface area contributed by atoms with Gasteiger partial charge in [-0.15, -0.1) is 0 Å². The van der Waals surface area contributed by atoms with E-state index in [1.807, 2.05) is 18.2 Å². The van der Waals surface area contributed by atoms with Crippen molar-refractivity contribution in [1.82, 2.24) is 5.32 Å². The fraction of sp³-hybridized carbons (Fsp3) is 0.529. The molecule has 2 N–H and O–H groups in total. The molecule has 1 amide bonds. The molecule has 112 valence electrons. The van der Waals surface area contributed by atoms with E-state index < -0.39 is 11.9 Å². The van der Waals surface area contributed by atoms with Gasteiger partial charge < -0.3 is 10.4 Å². The summed E-state index contributed by atoms with van der Waals surface area (Å²) in [6, 6.07) is 10.4. The summed E-state index contributed by atoms with van der Waals surface area (Å²) < 4.78 is 0. The van der Waals surface area contributed by atoms with Gasteiger partial charge in [0.05, 0.1) is 11.8 Å². The summed E-state index contributed by atoms with van der Waals surface area (Å²) in [5.74, 6) is -1.70. The quantitative estimate of drug-likeness (QED) is 0.843. The molecule has 0 saturated heterocycles. The highest BCUT2D eigenvalue weighted by Gasteiger charge is 2.49. The summed E-state index contributed by atoms with van der Waals surface area (Å²) in [6.07, 6.45) is 4.96. The van der Waals surface area contributed by atoms with Crippen LogP contribution in [0.15, 0.2) is 30.3 Å². The van der Waals surface area contributed by atoms with Crippen molar-refractivity contribution >= 4 is 11.9 Å². The van der Waals surface area contributed by atoms with Crippen LogP contribution >= 0.6 is 0 Å². The van der Waals surface area contributed by atoms with Crippen molar-refractivity contribution in [2.75, 3.05) is 6.54 Å². The topological polar surface area (TPSA) is 66.4 Å². The predicted molar refractivity (Wildman–Crippen MR) is 78.7 cm³/mol. The van der Waals surface area contributed by atoms with Crippen LogP contribution in [0.2, 0.25) is 0 Å². The number of carboxylic acids is 1. The van der Waals surface area contributed by atoms with Crippen molar-refractivity contribution in [2.24, 2.45) is 17.3 Å². The third-order valence-electron chi connectivity index (χ3n) is 4.92. The maximum Gasteiger partial charge on any atom is 0.307 e. The highest BCUT2D eigenvalue weighted by molar-refractivity contribution is 5.89. The van der Waals surface area contributed by atoms with E-state index >= 15 is 0 Å². The fourth-order valence-electron chi connectivity index (χ4n) is 3.29. The van der Waals surface area contributed by atoms with Crippen molar-refractivity contribution < 1.29 is 14.7 Å². The minimum atomic E-state index is -0.849. The lowest BCUT2D eigenvalue weighted by Gasteiger charge is -2.42. The first-order valence-corrected chi connectivity index (χ1v) is 7.64. The molecule has 0 radical (unpaired) electrons. The van der Waals surface area contributed by atoms with E-state index in [4.69, 9.17) is 5.11 Å². The molecule has 4 nitrogen and oxygen atoms in total. The van der Waals surface area contributed by atoms with Crippen molar-refractivity contribution in [1.29, 1.82) is 0 Å². The lowest BCUT2D eigenvalue weighted by atomic mass is 9.65. The SMILES string of the molecule is O=C(O)C1CC1C(=O)NCC1(Cc2ccccc2)CCC1. The summed E-state index contributed by atoms with van der Waals surface area (Å²) in [5, 5.41) is 11.9. The Morgan fingerprint density at radius 2 is 1.90 bits per heavy atom. The molecule has 1 aromatic carbocycles. The number of hydrogen-bond donors (Lipinski definition) is 2. The number of rotatable bonds is 6. The van der Waals surface area contributed by atoms with E-state index in [0.717, 1.165) is 19.3 Å². The van der Waals surface area contributed by atoms with Gasteiger partial charge in [0.2, 0.25) is 5.91 Å². The molecule has 0 aromatic heterocycles. The number of aliphatic carboxylic acids is 1. The van der Waals surface area contributed by atoms with Gasteiger partial charge >= 0.3 is 5.97 Å². The van der Waals surface area contributed by atoms with Gasteiger partial charge in [-0.3, -0.25) is 9.59 Å². The smallest absolute Gasteiger partial charge is 0.307 e. The average Bonchev–Trinajstić information content (AvgIpc) is 3.23. The molecule has 2 fully saturated rings. The average molecular weight is 287 g/mol. The normalized spacial score (nSPS) is 25.7. The molecule has 1 aromatic rings. The van der Waals surface area contributed by atoms with Crippen LogP contribution in [0.4, 0.5) is 0 Å².